The highest BCUT2D eigenvalue weighted by Gasteiger charge is 2.04. The van der Waals surface area contributed by atoms with E-state index < -0.39 is 0 Å². The van der Waals surface area contributed by atoms with Crippen LogP contribution in [0.2, 0.25) is 0 Å². The topological polar surface area (TPSA) is 37.3 Å². The molecule has 2 aromatic carbocycles. The average Bonchev–Trinajstić information content (AvgIpc) is 3.22. The maximum Gasteiger partial charge on any atom is 0.203 e. The third-order valence-corrected chi connectivity index (χ3v) is 5.77. The predicted octanol–water partition coefficient (Wildman–Crippen LogP) is 6.23. The summed E-state index contributed by atoms with van der Waals surface area (Å²) in [7, 11) is 0. The lowest BCUT2D eigenvalue weighted by Gasteiger charge is -1.96. The molecule has 0 fully saturated rings. The first-order chi connectivity index (χ1) is 11.8. The van der Waals surface area contributed by atoms with Crippen molar-refractivity contribution in [3.63, 3.8) is 0 Å². The molecule has 6 heteroatoms. The Morgan fingerprint density at radius 3 is 2.75 bits per heavy atom. The standard InChI is InChI=1S/C18H12BrN3S2/c19-14-7-5-12(6-8-14)16-11-23-18(21-16)22-20-10-15-9-13-3-1-2-4-17(13)24-15/h1-11H,(H,21,22)/b20-10+. The van der Waals surface area contributed by atoms with Crippen molar-refractivity contribution < 1.29 is 0 Å². The van der Waals surface area contributed by atoms with Crippen molar-refractivity contribution >= 4 is 60.0 Å². The number of hydrogen-bond acceptors (Lipinski definition) is 5. The van der Waals surface area contributed by atoms with Crippen LogP contribution in [0, 0.1) is 0 Å². The Bertz CT molecular complexity index is 969. The fraction of sp³-hybridized carbons (Fsp3) is 0. The summed E-state index contributed by atoms with van der Waals surface area (Å²) in [5, 5.41) is 8.36. The minimum Gasteiger partial charge on any atom is -0.253 e. The fourth-order valence-corrected chi connectivity index (χ4v) is 4.16. The molecule has 2 heterocycles. The fourth-order valence-electron chi connectivity index (χ4n) is 2.30. The van der Waals surface area contributed by atoms with Gasteiger partial charge in [0.1, 0.15) is 0 Å². The van der Waals surface area contributed by atoms with Crippen molar-refractivity contribution in [1.82, 2.24) is 4.98 Å². The van der Waals surface area contributed by atoms with Crippen molar-refractivity contribution in [1.29, 1.82) is 0 Å². The molecule has 118 valence electrons. The van der Waals surface area contributed by atoms with Gasteiger partial charge in [0.15, 0.2) is 0 Å². The first-order valence-electron chi connectivity index (χ1n) is 7.27. The van der Waals surface area contributed by atoms with Crippen molar-refractivity contribution in [2.75, 3.05) is 5.43 Å². The van der Waals surface area contributed by atoms with Crippen LogP contribution in [0.4, 0.5) is 5.13 Å². The van der Waals surface area contributed by atoms with E-state index in [1.165, 1.54) is 10.1 Å². The van der Waals surface area contributed by atoms with Crippen LogP contribution in [0.25, 0.3) is 21.3 Å². The number of hydrogen-bond donors (Lipinski definition) is 1. The van der Waals surface area contributed by atoms with Crippen LogP contribution in [0.5, 0.6) is 0 Å². The van der Waals surface area contributed by atoms with Gasteiger partial charge in [-0.05, 0) is 29.7 Å². The van der Waals surface area contributed by atoms with Crippen molar-refractivity contribution in [3.05, 3.63) is 69.3 Å². The van der Waals surface area contributed by atoms with Gasteiger partial charge in [0.2, 0.25) is 5.13 Å². The van der Waals surface area contributed by atoms with Crippen molar-refractivity contribution in [3.8, 4) is 11.3 Å². The summed E-state index contributed by atoms with van der Waals surface area (Å²) in [6.07, 6.45) is 1.84. The highest BCUT2D eigenvalue weighted by molar-refractivity contribution is 9.10. The molecule has 0 bridgehead atoms. The number of thiazole rings is 1. The van der Waals surface area contributed by atoms with Gasteiger partial charge in [-0.3, -0.25) is 5.43 Å². The van der Waals surface area contributed by atoms with E-state index in [0.717, 1.165) is 25.7 Å². The number of rotatable bonds is 4. The second-order valence-corrected chi connectivity index (χ2v) is 7.99. The second-order valence-electron chi connectivity index (χ2n) is 5.10. The van der Waals surface area contributed by atoms with Gasteiger partial charge >= 0.3 is 0 Å². The molecule has 0 unspecified atom stereocenters. The van der Waals surface area contributed by atoms with Crippen LogP contribution < -0.4 is 5.43 Å². The van der Waals surface area contributed by atoms with Gasteiger partial charge in [0, 0.05) is 25.0 Å². The number of aromatic nitrogens is 1. The maximum atomic E-state index is 4.57. The third kappa shape index (κ3) is 3.40. The quantitative estimate of drug-likeness (QED) is 0.317. The summed E-state index contributed by atoms with van der Waals surface area (Å²) in [6, 6.07) is 18.6. The number of anilines is 1. The second kappa shape index (κ2) is 6.84. The monoisotopic (exact) mass is 413 g/mol. The van der Waals surface area contributed by atoms with Crippen LogP contribution in [0.1, 0.15) is 4.88 Å². The Balaban J connectivity index is 1.47. The van der Waals surface area contributed by atoms with Gasteiger partial charge in [-0.2, -0.15) is 5.10 Å². The summed E-state index contributed by atoms with van der Waals surface area (Å²) in [5.41, 5.74) is 5.06. The Labute approximate surface area is 155 Å². The predicted molar refractivity (Wildman–Crippen MR) is 108 cm³/mol. The minimum atomic E-state index is 0.783. The molecule has 4 rings (SSSR count). The smallest absolute Gasteiger partial charge is 0.203 e. The van der Waals surface area contributed by atoms with E-state index in [0.29, 0.717) is 0 Å². The molecular weight excluding hydrogens is 402 g/mol. The normalized spacial score (nSPS) is 11.4. The lowest BCUT2D eigenvalue weighted by molar-refractivity contribution is 1.29. The molecule has 3 nitrogen and oxygen atoms in total. The molecule has 4 aromatic rings. The summed E-state index contributed by atoms with van der Waals surface area (Å²) >= 11 is 6.71. The van der Waals surface area contributed by atoms with Crippen LogP contribution in [0.3, 0.4) is 0 Å². The summed E-state index contributed by atoms with van der Waals surface area (Å²) in [6.45, 7) is 0. The molecule has 0 aliphatic heterocycles. The molecule has 0 aliphatic carbocycles. The number of thiophene rings is 1. The van der Waals surface area contributed by atoms with Crippen LogP contribution in [0.15, 0.2) is 69.6 Å². The molecule has 0 saturated carbocycles. The zero-order chi connectivity index (χ0) is 16.4. The Hall–Kier alpha value is -2.02. The van der Waals surface area contributed by atoms with Crippen molar-refractivity contribution in [2.45, 2.75) is 0 Å². The zero-order valence-corrected chi connectivity index (χ0v) is 15.7. The molecule has 1 N–H and O–H groups in total. The number of benzene rings is 2. The number of nitrogens with one attached hydrogen (secondary N) is 1. The summed E-state index contributed by atoms with van der Waals surface area (Å²) in [4.78, 5) is 5.68. The molecule has 0 amide bonds. The van der Waals surface area contributed by atoms with Crippen LogP contribution >= 0.6 is 38.6 Å². The zero-order valence-electron chi connectivity index (χ0n) is 12.4. The van der Waals surface area contributed by atoms with E-state index in [-0.39, 0.29) is 0 Å². The minimum absolute atomic E-state index is 0.783. The average molecular weight is 414 g/mol. The van der Waals surface area contributed by atoms with Gasteiger partial charge in [0.05, 0.1) is 11.9 Å². The van der Waals surface area contributed by atoms with Gasteiger partial charge < -0.3 is 0 Å². The van der Waals surface area contributed by atoms with E-state index in [9.17, 15) is 0 Å². The summed E-state index contributed by atoms with van der Waals surface area (Å²) in [5.74, 6) is 0. The highest BCUT2D eigenvalue weighted by Crippen LogP contribution is 2.26. The number of halogens is 1. The van der Waals surface area contributed by atoms with Gasteiger partial charge in [0.25, 0.3) is 0 Å². The molecule has 0 atom stereocenters. The lowest BCUT2D eigenvalue weighted by atomic mass is 10.2. The van der Waals surface area contributed by atoms with E-state index in [4.69, 9.17) is 0 Å². The van der Waals surface area contributed by atoms with Crippen LogP contribution in [-0.4, -0.2) is 11.2 Å². The third-order valence-electron chi connectivity index (χ3n) is 3.44. The number of hydrazone groups is 1. The molecule has 0 spiro atoms. The molecule has 0 radical (unpaired) electrons. The number of fused-ring (bicyclic) bond motifs is 1. The van der Waals surface area contributed by atoms with Crippen molar-refractivity contribution in [2.24, 2.45) is 5.10 Å². The van der Waals surface area contributed by atoms with E-state index in [1.54, 1.807) is 22.7 Å². The van der Waals surface area contributed by atoms with Gasteiger partial charge in [-0.1, -0.05) is 46.3 Å². The maximum absolute atomic E-state index is 4.57. The molecule has 2 aromatic heterocycles. The first-order valence-corrected chi connectivity index (χ1v) is 9.76. The molecular formula is C18H12BrN3S2. The van der Waals surface area contributed by atoms with E-state index in [1.807, 2.05) is 41.9 Å². The largest absolute Gasteiger partial charge is 0.253 e. The Morgan fingerprint density at radius 1 is 1.08 bits per heavy atom. The molecule has 0 saturated heterocycles. The SMILES string of the molecule is Brc1ccc(-c2csc(N/N=C/c3cc4ccccc4s3)n2)cc1. The van der Waals surface area contributed by atoms with E-state index in [2.05, 4.69) is 55.7 Å². The lowest BCUT2D eigenvalue weighted by Crippen LogP contribution is -1.88. The molecule has 0 aliphatic rings. The Morgan fingerprint density at radius 2 is 1.92 bits per heavy atom. The summed E-state index contributed by atoms with van der Waals surface area (Å²) < 4.78 is 2.33. The highest BCUT2D eigenvalue weighted by atomic mass is 79.9. The Kier molecular flexibility index (Phi) is 4.42. The molecule has 24 heavy (non-hydrogen) atoms. The van der Waals surface area contributed by atoms with Gasteiger partial charge in [-0.15, -0.1) is 22.7 Å². The number of nitrogens with zero attached hydrogens (tertiary/aromatic N) is 2. The van der Waals surface area contributed by atoms with E-state index >= 15 is 0 Å². The van der Waals surface area contributed by atoms with Crippen LogP contribution in [-0.2, 0) is 0 Å². The van der Waals surface area contributed by atoms with Gasteiger partial charge in [-0.25, -0.2) is 4.98 Å². The first kappa shape index (κ1) is 15.5.